The standard InChI is InChI=1S/C18H39N5O.HI/c1-15(2)23(16(3)4)9-8-20-17(19-7)21-14-18(5,6)22-10-12-24-13-11-22;/h15-16H,8-14H2,1-7H3,(H2,19,20,21);1H. The van der Waals surface area contributed by atoms with Crippen LogP contribution in [0.3, 0.4) is 0 Å². The number of rotatable bonds is 8. The van der Waals surface area contributed by atoms with E-state index >= 15 is 0 Å². The molecule has 0 bridgehead atoms. The summed E-state index contributed by atoms with van der Waals surface area (Å²) in [6.07, 6.45) is 0. The zero-order chi connectivity index (χ0) is 18.2. The van der Waals surface area contributed by atoms with Gasteiger partial charge in [0.15, 0.2) is 5.96 Å². The van der Waals surface area contributed by atoms with Gasteiger partial charge in [-0.15, -0.1) is 24.0 Å². The summed E-state index contributed by atoms with van der Waals surface area (Å²) in [5.74, 6) is 0.879. The van der Waals surface area contributed by atoms with Gasteiger partial charge < -0.3 is 15.4 Å². The minimum atomic E-state index is 0. The molecule has 0 spiro atoms. The van der Waals surface area contributed by atoms with Gasteiger partial charge >= 0.3 is 0 Å². The summed E-state index contributed by atoms with van der Waals surface area (Å²) >= 11 is 0. The summed E-state index contributed by atoms with van der Waals surface area (Å²) < 4.78 is 5.45. The van der Waals surface area contributed by atoms with Crippen LogP contribution in [-0.4, -0.2) is 86.4 Å². The van der Waals surface area contributed by atoms with Gasteiger partial charge in [-0.25, -0.2) is 0 Å². The van der Waals surface area contributed by atoms with Gasteiger partial charge in [0, 0.05) is 57.4 Å². The van der Waals surface area contributed by atoms with Crippen molar-refractivity contribution in [1.82, 2.24) is 20.4 Å². The van der Waals surface area contributed by atoms with Gasteiger partial charge in [-0.1, -0.05) is 0 Å². The Balaban J connectivity index is 0.00000576. The zero-order valence-electron chi connectivity index (χ0n) is 17.3. The first-order valence-corrected chi connectivity index (χ1v) is 9.31. The minimum Gasteiger partial charge on any atom is -0.379 e. The van der Waals surface area contributed by atoms with E-state index in [0.29, 0.717) is 12.1 Å². The van der Waals surface area contributed by atoms with Gasteiger partial charge in [0.25, 0.3) is 0 Å². The fraction of sp³-hybridized carbons (Fsp3) is 0.944. The van der Waals surface area contributed by atoms with Crippen LogP contribution in [0.2, 0.25) is 0 Å². The Hall–Kier alpha value is -0.120. The summed E-state index contributed by atoms with van der Waals surface area (Å²) in [7, 11) is 1.83. The number of halogens is 1. The Morgan fingerprint density at radius 2 is 1.68 bits per heavy atom. The zero-order valence-corrected chi connectivity index (χ0v) is 19.6. The topological polar surface area (TPSA) is 52.1 Å². The highest BCUT2D eigenvalue weighted by Gasteiger charge is 2.28. The summed E-state index contributed by atoms with van der Waals surface area (Å²) in [5, 5.41) is 6.92. The van der Waals surface area contributed by atoms with Crippen LogP contribution < -0.4 is 10.6 Å². The molecule has 1 aliphatic rings. The third-order valence-corrected chi connectivity index (χ3v) is 4.77. The van der Waals surface area contributed by atoms with Crippen LogP contribution in [0, 0.1) is 0 Å². The van der Waals surface area contributed by atoms with Crippen molar-refractivity contribution in [1.29, 1.82) is 0 Å². The van der Waals surface area contributed by atoms with E-state index in [9.17, 15) is 0 Å². The summed E-state index contributed by atoms with van der Waals surface area (Å²) in [6, 6.07) is 1.11. The highest BCUT2D eigenvalue weighted by Crippen LogP contribution is 2.14. The lowest BCUT2D eigenvalue weighted by atomic mass is 10.0. The van der Waals surface area contributed by atoms with E-state index in [1.807, 2.05) is 7.05 Å². The molecule has 0 aromatic rings. The van der Waals surface area contributed by atoms with E-state index in [-0.39, 0.29) is 29.5 Å². The summed E-state index contributed by atoms with van der Waals surface area (Å²) in [4.78, 5) is 9.32. The number of aliphatic imine (C=N–C) groups is 1. The van der Waals surface area contributed by atoms with E-state index in [1.165, 1.54) is 0 Å². The number of hydrogen-bond acceptors (Lipinski definition) is 4. The Kier molecular flexibility index (Phi) is 12.2. The highest BCUT2D eigenvalue weighted by atomic mass is 127. The van der Waals surface area contributed by atoms with Crippen LogP contribution in [0.4, 0.5) is 0 Å². The van der Waals surface area contributed by atoms with Crippen molar-refractivity contribution in [2.75, 3.05) is 53.0 Å². The van der Waals surface area contributed by atoms with Crippen molar-refractivity contribution in [3.05, 3.63) is 0 Å². The normalized spacial score (nSPS) is 17.1. The fourth-order valence-corrected chi connectivity index (χ4v) is 3.22. The Labute approximate surface area is 172 Å². The number of guanidine groups is 1. The Morgan fingerprint density at radius 3 is 2.16 bits per heavy atom. The van der Waals surface area contributed by atoms with E-state index in [1.54, 1.807) is 0 Å². The number of nitrogens with zero attached hydrogens (tertiary/aromatic N) is 3. The third kappa shape index (κ3) is 8.88. The molecule has 1 saturated heterocycles. The van der Waals surface area contributed by atoms with Crippen molar-refractivity contribution >= 4 is 29.9 Å². The van der Waals surface area contributed by atoms with Gasteiger partial charge in [0.2, 0.25) is 0 Å². The van der Waals surface area contributed by atoms with Crippen molar-refractivity contribution in [3.63, 3.8) is 0 Å². The minimum absolute atomic E-state index is 0. The van der Waals surface area contributed by atoms with Crippen LogP contribution in [0.5, 0.6) is 0 Å². The summed E-state index contributed by atoms with van der Waals surface area (Å²) in [6.45, 7) is 20.0. The first-order chi connectivity index (χ1) is 11.3. The molecule has 0 aliphatic carbocycles. The lowest BCUT2D eigenvalue weighted by Gasteiger charge is -2.41. The van der Waals surface area contributed by atoms with Crippen LogP contribution in [0.25, 0.3) is 0 Å². The molecule has 150 valence electrons. The summed E-state index contributed by atoms with van der Waals surface area (Å²) in [5.41, 5.74) is 0.0866. The highest BCUT2D eigenvalue weighted by molar-refractivity contribution is 14.0. The van der Waals surface area contributed by atoms with Crippen molar-refractivity contribution in [2.45, 2.75) is 59.2 Å². The second kappa shape index (κ2) is 12.3. The molecule has 2 N–H and O–H groups in total. The number of hydrogen-bond donors (Lipinski definition) is 2. The molecule has 1 fully saturated rings. The molecule has 25 heavy (non-hydrogen) atoms. The molecular formula is C18H40IN5O. The van der Waals surface area contributed by atoms with Gasteiger partial charge in [-0.2, -0.15) is 0 Å². The van der Waals surface area contributed by atoms with Crippen LogP contribution in [0.15, 0.2) is 4.99 Å². The second-order valence-electron chi connectivity index (χ2n) is 7.69. The molecule has 0 aromatic carbocycles. The first kappa shape index (κ1) is 24.9. The van der Waals surface area contributed by atoms with Gasteiger partial charge in [0.1, 0.15) is 0 Å². The number of morpholine rings is 1. The van der Waals surface area contributed by atoms with Crippen LogP contribution in [-0.2, 0) is 4.74 Å². The molecular weight excluding hydrogens is 429 g/mol. The lowest BCUT2D eigenvalue weighted by molar-refractivity contribution is -0.00834. The fourth-order valence-electron chi connectivity index (χ4n) is 3.22. The molecule has 0 aromatic heterocycles. The molecule has 1 heterocycles. The molecule has 7 heteroatoms. The second-order valence-corrected chi connectivity index (χ2v) is 7.69. The van der Waals surface area contributed by atoms with E-state index in [0.717, 1.165) is 51.9 Å². The molecule has 0 saturated carbocycles. The van der Waals surface area contributed by atoms with E-state index < -0.39 is 0 Å². The molecule has 1 rings (SSSR count). The predicted octanol–water partition coefficient (Wildman–Crippen LogP) is 2.00. The van der Waals surface area contributed by atoms with E-state index in [4.69, 9.17) is 4.74 Å². The Bertz CT molecular complexity index is 374. The van der Waals surface area contributed by atoms with Crippen LogP contribution >= 0.6 is 24.0 Å². The number of nitrogens with one attached hydrogen (secondary N) is 2. The average molecular weight is 469 g/mol. The van der Waals surface area contributed by atoms with Gasteiger partial charge in [0.05, 0.1) is 13.2 Å². The molecule has 0 atom stereocenters. The maximum absolute atomic E-state index is 5.45. The van der Waals surface area contributed by atoms with E-state index in [2.05, 4.69) is 67.0 Å². The molecule has 0 radical (unpaired) electrons. The predicted molar refractivity (Wildman–Crippen MR) is 118 cm³/mol. The van der Waals surface area contributed by atoms with Gasteiger partial charge in [-0.05, 0) is 41.5 Å². The molecule has 0 unspecified atom stereocenters. The third-order valence-electron chi connectivity index (χ3n) is 4.77. The SMILES string of the molecule is CN=C(NCCN(C(C)C)C(C)C)NCC(C)(C)N1CCOCC1.I. The molecule has 0 amide bonds. The van der Waals surface area contributed by atoms with Crippen molar-refractivity contribution in [2.24, 2.45) is 4.99 Å². The first-order valence-electron chi connectivity index (χ1n) is 9.31. The maximum atomic E-state index is 5.45. The maximum Gasteiger partial charge on any atom is 0.191 e. The number of ether oxygens (including phenoxy) is 1. The Morgan fingerprint density at radius 1 is 1.12 bits per heavy atom. The van der Waals surface area contributed by atoms with Crippen molar-refractivity contribution < 1.29 is 4.74 Å². The molecule has 6 nitrogen and oxygen atoms in total. The molecule has 1 aliphatic heterocycles. The van der Waals surface area contributed by atoms with Gasteiger partial charge in [-0.3, -0.25) is 14.8 Å². The lowest BCUT2D eigenvalue weighted by Crippen LogP contribution is -2.56. The average Bonchev–Trinajstić information content (AvgIpc) is 2.54. The largest absolute Gasteiger partial charge is 0.379 e. The smallest absolute Gasteiger partial charge is 0.191 e. The van der Waals surface area contributed by atoms with Crippen LogP contribution in [0.1, 0.15) is 41.5 Å². The quantitative estimate of drug-likeness (QED) is 0.324. The monoisotopic (exact) mass is 469 g/mol. The van der Waals surface area contributed by atoms with Crippen molar-refractivity contribution in [3.8, 4) is 0 Å².